The van der Waals surface area contributed by atoms with Crippen LogP contribution in [-0.2, 0) is 9.63 Å². The second-order valence-electron chi connectivity index (χ2n) is 3.61. The third kappa shape index (κ3) is 2.55. The smallest absolute Gasteiger partial charge is 0.326 e. The summed E-state index contributed by atoms with van der Waals surface area (Å²) in [5.74, 6) is 0.240. The number of hydrazone groups is 1. The first-order chi connectivity index (χ1) is 8.61. The van der Waals surface area contributed by atoms with Crippen molar-refractivity contribution in [1.82, 2.24) is 15.8 Å². The number of hydrogen-bond donors (Lipinski definition) is 1. The number of rotatable bonds is 3. The van der Waals surface area contributed by atoms with Crippen molar-refractivity contribution >= 4 is 23.4 Å². The second-order valence-corrected chi connectivity index (χ2v) is 4.05. The third-order valence-corrected chi connectivity index (χ3v) is 2.57. The van der Waals surface area contributed by atoms with E-state index in [0.29, 0.717) is 17.4 Å². The average Bonchev–Trinajstić information content (AvgIpc) is 2.72. The van der Waals surface area contributed by atoms with Crippen molar-refractivity contribution in [2.24, 2.45) is 5.10 Å². The zero-order valence-corrected chi connectivity index (χ0v) is 10.8. The number of hydrogen-bond acceptors (Lipinski definition) is 6. The predicted molar refractivity (Wildman–Crippen MR) is 67.1 cm³/mol. The van der Waals surface area contributed by atoms with Crippen molar-refractivity contribution in [2.45, 2.75) is 13.8 Å². The summed E-state index contributed by atoms with van der Waals surface area (Å²) >= 11 is 5.84. The summed E-state index contributed by atoms with van der Waals surface area (Å²) in [5.41, 5.74) is 3.50. The van der Waals surface area contributed by atoms with Gasteiger partial charge in [0.1, 0.15) is 0 Å². The van der Waals surface area contributed by atoms with Crippen LogP contribution in [0.5, 0.6) is 0 Å². The number of benzene rings is 1. The van der Waals surface area contributed by atoms with Crippen LogP contribution in [0.25, 0.3) is 0 Å². The van der Waals surface area contributed by atoms with Gasteiger partial charge in [-0.3, -0.25) is 4.79 Å². The van der Waals surface area contributed by atoms with E-state index in [4.69, 9.17) is 16.4 Å². The molecule has 1 aliphatic rings. The van der Waals surface area contributed by atoms with Gasteiger partial charge in [-0.15, -0.1) is 5.10 Å². The highest BCUT2D eigenvalue weighted by molar-refractivity contribution is 6.30. The molecule has 0 aromatic heterocycles. The molecule has 0 saturated heterocycles. The highest BCUT2D eigenvalue weighted by Crippen LogP contribution is 2.15. The molecule has 0 spiro atoms. The minimum absolute atomic E-state index is 0.423. The second kappa shape index (κ2) is 5.24. The van der Waals surface area contributed by atoms with E-state index in [1.807, 2.05) is 19.1 Å². The number of carbonyl (C=O) groups excluding carboxylic acids is 1. The first kappa shape index (κ1) is 12.7. The summed E-state index contributed by atoms with van der Waals surface area (Å²) in [6.45, 7) is 3.85. The van der Waals surface area contributed by atoms with Crippen molar-refractivity contribution in [3.05, 3.63) is 34.9 Å². The Kier molecular flexibility index (Phi) is 3.69. The Hall–Kier alpha value is -1.79. The predicted octanol–water partition coefficient (Wildman–Crippen LogP) is 1.54. The highest BCUT2D eigenvalue weighted by Gasteiger charge is 2.27. The molecule has 1 aromatic carbocycles. The van der Waals surface area contributed by atoms with E-state index in [2.05, 4.69) is 10.6 Å². The molecule has 1 aliphatic heterocycles. The molecule has 0 aliphatic carbocycles. The lowest BCUT2D eigenvalue weighted by atomic mass is 10.2. The average molecular weight is 269 g/mol. The van der Waals surface area contributed by atoms with E-state index in [0.717, 1.165) is 5.56 Å². The van der Waals surface area contributed by atoms with Crippen molar-refractivity contribution in [2.75, 3.05) is 6.54 Å². The van der Waals surface area contributed by atoms with Crippen LogP contribution in [0.15, 0.2) is 29.4 Å². The van der Waals surface area contributed by atoms with Crippen LogP contribution in [-0.4, -0.2) is 28.6 Å². The summed E-state index contributed by atoms with van der Waals surface area (Å²) < 4.78 is 0. The molecule has 0 radical (unpaired) electrons. The van der Waals surface area contributed by atoms with Gasteiger partial charge in [0, 0.05) is 24.1 Å². The lowest BCUT2D eigenvalue weighted by Gasteiger charge is -2.25. The minimum atomic E-state index is -0.423. The van der Waals surface area contributed by atoms with E-state index in [9.17, 15) is 4.79 Å². The SMILES string of the molecule is CCN1C(c2ccc(Cl)cc2)=NNN1OC(C)=O. The molecule has 96 valence electrons. The van der Waals surface area contributed by atoms with Crippen LogP contribution in [0.4, 0.5) is 0 Å². The van der Waals surface area contributed by atoms with E-state index in [1.54, 1.807) is 17.1 Å². The fraction of sp³-hybridized carbons (Fsp3) is 0.273. The molecule has 1 heterocycles. The zero-order chi connectivity index (χ0) is 13.1. The normalized spacial score (nSPS) is 15.3. The molecule has 18 heavy (non-hydrogen) atoms. The Balaban J connectivity index is 2.19. The van der Waals surface area contributed by atoms with Gasteiger partial charge < -0.3 is 4.84 Å². The standard InChI is InChI=1S/C11H13ClN4O2/c1-3-15-11(9-4-6-10(12)7-5-9)13-14-16(15)18-8(2)17/h4-7,14H,3H2,1-2H3. The van der Waals surface area contributed by atoms with E-state index < -0.39 is 5.97 Å². The molecule has 0 amide bonds. The van der Waals surface area contributed by atoms with E-state index in [-0.39, 0.29) is 0 Å². The van der Waals surface area contributed by atoms with Crippen molar-refractivity contribution in [3.8, 4) is 0 Å². The van der Waals surface area contributed by atoms with Crippen LogP contribution >= 0.6 is 11.6 Å². The molecule has 0 atom stereocenters. The van der Waals surface area contributed by atoms with Gasteiger partial charge in [-0.2, -0.15) is 5.53 Å². The van der Waals surface area contributed by atoms with Crippen molar-refractivity contribution in [1.29, 1.82) is 0 Å². The molecule has 1 N–H and O–H groups in total. The maximum absolute atomic E-state index is 11.0. The van der Waals surface area contributed by atoms with Gasteiger partial charge in [-0.25, -0.2) is 5.01 Å². The number of carbonyl (C=O) groups is 1. The summed E-state index contributed by atoms with van der Waals surface area (Å²) in [6, 6.07) is 7.26. The molecule has 0 fully saturated rings. The van der Waals surface area contributed by atoms with Gasteiger partial charge in [0.2, 0.25) is 0 Å². The Labute approximate surface area is 110 Å². The Morgan fingerprint density at radius 2 is 2.11 bits per heavy atom. The molecule has 0 saturated carbocycles. The summed E-state index contributed by atoms with van der Waals surface area (Å²) in [7, 11) is 0. The minimum Gasteiger partial charge on any atom is -0.328 e. The van der Waals surface area contributed by atoms with E-state index in [1.165, 1.54) is 12.2 Å². The first-order valence-corrected chi connectivity index (χ1v) is 5.85. The van der Waals surface area contributed by atoms with Gasteiger partial charge in [0.15, 0.2) is 5.84 Å². The van der Waals surface area contributed by atoms with Gasteiger partial charge in [-0.1, -0.05) is 11.6 Å². The van der Waals surface area contributed by atoms with Crippen LogP contribution in [0.2, 0.25) is 5.02 Å². The molecule has 0 unspecified atom stereocenters. The van der Waals surface area contributed by atoms with Gasteiger partial charge in [0.25, 0.3) is 0 Å². The van der Waals surface area contributed by atoms with E-state index >= 15 is 0 Å². The fourth-order valence-corrected chi connectivity index (χ4v) is 1.70. The lowest BCUT2D eigenvalue weighted by Crippen LogP contribution is -2.46. The Morgan fingerprint density at radius 3 is 2.67 bits per heavy atom. The molecule has 2 rings (SSSR count). The Bertz CT molecular complexity index is 474. The first-order valence-electron chi connectivity index (χ1n) is 5.47. The highest BCUT2D eigenvalue weighted by atomic mass is 35.5. The molecule has 1 aromatic rings. The number of amidine groups is 1. The van der Waals surface area contributed by atoms with Crippen LogP contribution in [0.1, 0.15) is 19.4 Å². The number of halogens is 1. The maximum atomic E-state index is 11.0. The molecule has 7 heteroatoms. The van der Waals surface area contributed by atoms with Gasteiger partial charge in [-0.05, 0) is 31.2 Å². The summed E-state index contributed by atoms with van der Waals surface area (Å²) in [6.07, 6.45) is 0. The zero-order valence-electron chi connectivity index (χ0n) is 10.1. The van der Waals surface area contributed by atoms with Crippen LogP contribution in [0.3, 0.4) is 0 Å². The number of nitrogens with one attached hydrogen (secondary N) is 1. The third-order valence-electron chi connectivity index (χ3n) is 2.32. The lowest BCUT2D eigenvalue weighted by molar-refractivity contribution is -0.261. The van der Waals surface area contributed by atoms with Gasteiger partial charge >= 0.3 is 5.97 Å². The molecular weight excluding hydrogens is 256 g/mol. The Morgan fingerprint density at radius 1 is 1.44 bits per heavy atom. The quantitative estimate of drug-likeness (QED) is 0.901. The van der Waals surface area contributed by atoms with Gasteiger partial charge in [0.05, 0.1) is 5.28 Å². The number of nitrogens with zero attached hydrogens (tertiary/aromatic N) is 3. The topological polar surface area (TPSA) is 57.2 Å². The largest absolute Gasteiger partial charge is 0.328 e. The van der Waals surface area contributed by atoms with Crippen LogP contribution in [0, 0.1) is 0 Å². The van der Waals surface area contributed by atoms with Crippen molar-refractivity contribution < 1.29 is 9.63 Å². The molecule has 0 bridgehead atoms. The fourth-order valence-electron chi connectivity index (χ4n) is 1.57. The monoisotopic (exact) mass is 268 g/mol. The summed E-state index contributed by atoms with van der Waals surface area (Å²) in [5, 5.41) is 7.68. The summed E-state index contributed by atoms with van der Waals surface area (Å²) in [4.78, 5) is 15.9. The number of hydrazine groups is 2. The van der Waals surface area contributed by atoms with Crippen molar-refractivity contribution in [3.63, 3.8) is 0 Å². The molecular formula is C11H13ClN4O2. The van der Waals surface area contributed by atoms with Crippen LogP contribution < -0.4 is 5.53 Å². The molecule has 6 nitrogen and oxygen atoms in total. The maximum Gasteiger partial charge on any atom is 0.326 e.